The third kappa shape index (κ3) is 11.0. The summed E-state index contributed by atoms with van der Waals surface area (Å²) in [6.07, 6.45) is 2.07. The quantitative estimate of drug-likeness (QED) is 0.151. The molecule has 0 aliphatic carbocycles. The molecule has 0 aliphatic rings. The molecule has 0 unspecified atom stereocenters. The highest BCUT2D eigenvalue weighted by Crippen LogP contribution is 2.17. The minimum absolute atomic E-state index is 0.289. The molecule has 7 heteroatoms. The SMILES string of the molecule is CC(C)(C)OC(=O)N(CCCc1ccc(CN(C=O)OC(C)(C)C)cc1)CCNCc1ccc2ccccc2c1. The Kier molecular flexibility index (Phi) is 11.1. The van der Waals surface area contributed by atoms with Gasteiger partial charge in [-0.15, -0.1) is 0 Å². The molecule has 0 fully saturated rings. The molecule has 2 amide bonds. The van der Waals surface area contributed by atoms with E-state index in [2.05, 4.69) is 53.8 Å². The monoisotopic (exact) mass is 547 g/mol. The number of nitrogens with one attached hydrogen (secondary N) is 1. The molecule has 0 atom stereocenters. The number of hydrogen-bond donors (Lipinski definition) is 1. The summed E-state index contributed by atoms with van der Waals surface area (Å²) in [5.74, 6) is 0. The molecule has 0 aromatic heterocycles. The van der Waals surface area contributed by atoms with Crippen molar-refractivity contribution < 1.29 is 19.2 Å². The highest BCUT2D eigenvalue weighted by Gasteiger charge is 2.22. The second-order valence-corrected chi connectivity index (χ2v) is 12.1. The van der Waals surface area contributed by atoms with Gasteiger partial charge in [-0.2, -0.15) is 0 Å². The standard InChI is InChI=1S/C33H45N3O4/c1-32(2,3)39-31(38)35(21-19-34-23-28-17-18-29-11-7-8-12-30(29)22-28)20-9-10-26-13-15-27(16-14-26)24-36(25-37)40-33(4,5)6/h7-8,11-18,22,25,34H,9-10,19-21,23-24H2,1-6H3. The molecule has 0 aliphatic heterocycles. The number of benzene rings is 3. The van der Waals surface area contributed by atoms with Gasteiger partial charge in [-0.05, 0) is 87.9 Å². The smallest absolute Gasteiger partial charge is 0.410 e. The van der Waals surface area contributed by atoms with Crippen molar-refractivity contribution in [3.05, 3.63) is 83.4 Å². The Hall–Kier alpha value is -3.42. The van der Waals surface area contributed by atoms with E-state index in [9.17, 15) is 9.59 Å². The molecular weight excluding hydrogens is 502 g/mol. The molecule has 216 valence electrons. The Morgan fingerprint density at radius 1 is 0.825 bits per heavy atom. The molecular formula is C33H45N3O4. The Bertz CT molecular complexity index is 1230. The zero-order valence-corrected chi connectivity index (χ0v) is 24.9. The van der Waals surface area contributed by atoms with Crippen LogP contribution >= 0.6 is 0 Å². The van der Waals surface area contributed by atoms with Crippen molar-refractivity contribution in [2.75, 3.05) is 19.6 Å². The van der Waals surface area contributed by atoms with E-state index in [0.29, 0.717) is 32.6 Å². The van der Waals surface area contributed by atoms with E-state index in [4.69, 9.17) is 9.57 Å². The van der Waals surface area contributed by atoms with E-state index in [1.807, 2.05) is 59.7 Å². The van der Waals surface area contributed by atoms with Gasteiger partial charge in [0.2, 0.25) is 6.41 Å². The number of fused-ring (bicyclic) bond motifs is 1. The third-order valence-corrected chi connectivity index (χ3v) is 6.12. The summed E-state index contributed by atoms with van der Waals surface area (Å²) >= 11 is 0. The minimum atomic E-state index is -0.546. The van der Waals surface area contributed by atoms with Crippen molar-refractivity contribution in [1.29, 1.82) is 0 Å². The largest absolute Gasteiger partial charge is 0.444 e. The number of ether oxygens (including phenoxy) is 1. The highest BCUT2D eigenvalue weighted by atomic mass is 16.7. The number of hydrogen-bond acceptors (Lipinski definition) is 5. The first-order valence-corrected chi connectivity index (χ1v) is 14.1. The Morgan fingerprint density at radius 3 is 2.12 bits per heavy atom. The van der Waals surface area contributed by atoms with Crippen molar-refractivity contribution in [2.45, 2.75) is 78.7 Å². The lowest BCUT2D eigenvalue weighted by Crippen LogP contribution is -2.41. The molecule has 0 saturated heterocycles. The van der Waals surface area contributed by atoms with Gasteiger partial charge in [-0.3, -0.25) is 9.63 Å². The number of carbonyl (C=O) groups is 2. The fourth-order valence-electron chi connectivity index (χ4n) is 4.32. The predicted molar refractivity (Wildman–Crippen MR) is 161 cm³/mol. The maximum atomic E-state index is 12.9. The fourth-order valence-corrected chi connectivity index (χ4v) is 4.32. The molecule has 3 rings (SSSR count). The maximum absolute atomic E-state index is 12.9. The van der Waals surface area contributed by atoms with Gasteiger partial charge < -0.3 is 15.0 Å². The van der Waals surface area contributed by atoms with Gasteiger partial charge in [0.15, 0.2) is 0 Å². The maximum Gasteiger partial charge on any atom is 0.410 e. The van der Waals surface area contributed by atoms with Gasteiger partial charge in [0.25, 0.3) is 0 Å². The van der Waals surface area contributed by atoms with Crippen LogP contribution < -0.4 is 5.32 Å². The number of aryl methyl sites for hydroxylation is 1. The molecule has 0 heterocycles. The van der Waals surface area contributed by atoms with Gasteiger partial charge in [0.1, 0.15) is 5.60 Å². The van der Waals surface area contributed by atoms with E-state index >= 15 is 0 Å². The van der Waals surface area contributed by atoms with Crippen LogP contribution in [0, 0.1) is 0 Å². The summed E-state index contributed by atoms with van der Waals surface area (Å²) in [7, 11) is 0. The van der Waals surface area contributed by atoms with Crippen LogP contribution in [0.3, 0.4) is 0 Å². The number of rotatable bonds is 13. The van der Waals surface area contributed by atoms with E-state index in [1.54, 1.807) is 4.90 Å². The summed E-state index contributed by atoms with van der Waals surface area (Å²) < 4.78 is 5.68. The van der Waals surface area contributed by atoms with Crippen LogP contribution in [0.25, 0.3) is 10.8 Å². The average Bonchev–Trinajstić information content (AvgIpc) is 2.88. The van der Waals surface area contributed by atoms with Crippen LogP contribution in [0.15, 0.2) is 66.7 Å². The van der Waals surface area contributed by atoms with Gasteiger partial charge >= 0.3 is 6.09 Å². The molecule has 0 radical (unpaired) electrons. The molecule has 0 bridgehead atoms. The van der Waals surface area contributed by atoms with Crippen LogP contribution in [0.1, 0.15) is 64.7 Å². The summed E-state index contributed by atoms with van der Waals surface area (Å²) in [6, 6.07) is 23.0. The first kappa shape index (κ1) is 31.1. The van der Waals surface area contributed by atoms with Crippen LogP contribution in [-0.4, -0.2) is 53.3 Å². The molecule has 7 nitrogen and oxygen atoms in total. The predicted octanol–water partition coefficient (Wildman–Crippen LogP) is 6.49. The summed E-state index contributed by atoms with van der Waals surface area (Å²) in [4.78, 5) is 31.7. The molecule has 3 aromatic rings. The van der Waals surface area contributed by atoms with Crippen molar-refractivity contribution in [3.8, 4) is 0 Å². The van der Waals surface area contributed by atoms with E-state index in [0.717, 1.165) is 24.9 Å². The second-order valence-electron chi connectivity index (χ2n) is 12.1. The van der Waals surface area contributed by atoms with Crippen LogP contribution in [0.2, 0.25) is 0 Å². The van der Waals surface area contributed by atoms with Gasteiger partial charge in [-0.25, -0.2) is 9.86 Å². The van der Waals surface area contributed by atoms with Crippen LogP contribution in [-0.2, 0) is 33.9 Å². The van der Waals surface area contributed by atoms with Gasteiger partial charge in [-0.1, -0.05) is 60.7 Å². The van der Waals surface area contributed by atoms with Crippen LogP contribution in [0.4, 0.5) is 4.79 Å². The number of hydroxylamine groups is 2. The average molecular weight is 548 g/mol. The second kappa shape index (κ2) is 14.3. The minimum Gasteiger partial charge on any atom is -0.444 e. The third-order valence-electron chi connectivity index (χ3n) is 6.12. The Morgan fingerprint density at radius 2 is 1.48 bits per heavy atom. The van der Waals surface area contributed by atoms with Crippen molar-refractivity contribution in [3.63, 3.8) is 0 Å². The zero-order valence-electron chi connectivity index (χ0n) is 24.9. The normalized spacial score (nSPS) is 11.8. The van der Waals surface area contributed by atoms with Crippen LogP contribution in [0.5, 0.6) is 0 Å². The number of carbonyl (C=O) groups excluding carboxylic acids is 2. The Labute approximate surface area is 239 Å². The van der Waals surface area contributed by atoms with E-state index < -0.39 is 11.2 Å². The van der Waals surface area contributed by atoms with Crippen molar-refractivity contribution in [2.24, 2.45) is 0 Å². The summed E-state index contributed by atoms with van der Waals surface area (Å²) in [5, 5.41) is 7.25. The zero-order chi connectivity index (χ0) is 29.2. The van der Waals surface area contributed by atoms with Crippen molar-refractivity contribution >= 4 is 23.3 Å². The summed E-state index contributed by atoms with van der Waals surface area (Å²) in [5.41, 5.74) is 2.40. The molecule has 40 heavy (non-hydrogen) atoms. The highest BCUT2D eigenvalue weighted by molar-refractivity contribution is 5.82. The lowest BCUT2D eigenvalue weighted by atomic mass is 10.1. The fraction of sp³-hybridized carbons (Fsp3) is 0.455. The van der Waals surface area contributed by atoms with Gasteiger partial charge in [0, 0.05) is 26.2 Å². The first-order valence-electron chi connectivity index (χ1n) is 14.1. The molecule has 3 aromatic carbocycles. The lowest BCUT2D eigenvalue weighted by Gasteiger charge is -2.27. The molecule has 0 saturated carbocycles. The lowest BCUT2D eigenvalue weighted by molar-refractivity contribution is -0.220. The summed E-state index contributed by atoms with van der Waals surface area (Å²) in [6.45, 7) is 14.4. The number of nitrogens with zero attached hydrogens (tertiary/aromatic N) is 2. The first-order chi connectivity index (χ1) is 18.9. The number of amides is 2. The molecule has 0 spiro atoms. The topological polar surface area (TPSA) is 71.1 Å². The van der Waals surface area contributed by atoms with Crippen molar-refractivity contribution in [1.82, 2.24) is 15.3 Å². The molecule has 1 N–H and O–H groups in total. The van der Waals surface area contributed by atoms with E-state index in [1.165, 1.54) is 27.0 Å². The van der Waals surface area contributed by atoms with E-state index in [-0.39, 0.29) is 6.09 Å². The Balaban J connectivity index is 1.50. The van der Waals surface area contributed by atoms with Gasteiger partial charge in [0.05, 0.1) is 12.1 Å².